The van der Waals surface area contributed by atoms with Gasteiger partial charge < -0.3 is 0 Å². The number of benzene rings is 1. The molecule has 6 heteroatoms. The van der Waals surface area contributed by atoms with Gasteiger partial charge in [0.05, 0.1) is 17.4 Å². The number of rotatable bonds is 3. The van der Waals surface area contributed by atoms with Crippen LogP contribution in [0.15, 0.2) is 30.5 Å². The second-order valence-electron chi connectivity index (χ2n) is 6.81. The van der Waals surface area contributed by atoms with Crippen molar-refractivity contribution in [1.82, 2.24) is 9.78 Å². The number of aryl methyl sites for hydroxylation is 1. The minimum absolute atomic E-state index is 0.0235. The van der Waals surface area contributed by atoms with Crippen molar-refractivity contribution in [2.45, 2.75) is 40.3 Å². The highest BCUT2D eigenvalue weighted by atomic mass is 19.4. The maximum Gasteiger partial charge on any atom is 0.434 e. The number of nitrogens with zero attached hydrogens (tertiary/aromatic N) is 2. The smallest absolute Gasteiger partial charge is 0.294 e. The molecule has 2 rings (SSSR count). The summed E-state index contributed by atoms with van der Waals surface area (Å²) in [6, 6.07) is 6.51. The van der Waals surface area contributed by atoms with Crippen molar-refractivity contribution in [2.75, 3.05) is 0 Å². The van der Waals surface area contributed by atoms with E-state index in [1.807, 2.05) is 27.7 Å². The molecule has 0 atom stereocenters. The average molecular weight is 324 g/mol. The van der Waals surface area contributed by atoms with Crippen molar-refractivity contribution in [3.8, 4) is 5.69 Å². The van der Waals surface area contributed by atoms with Crippen LogP contribution in [0.3, 0.4) is 0 Å². The lowest BCUT2D eigenvalue weighted by Crippen LogP contribution is -2.20. The number of hydrogen-bond donors (Lipinski definition) is 0. The molecule has 0 saturated carbocycles. The summed E-state index contributed by atoms with van der Waals surface area (Å²) in [6.45, 7) is 7.27. The number of Topliss-reactive ketones (excluding diaryl/α,β-unsaturated/α-hetero) is 1. The van der Waals surface area contributed by atoms with E-state index in [1.54, 1.807) is 24.3 Å². The predicted molar refractivity (Wildman–Crippen MR) is 81.7 cm³/mol. The molecule has 1 heterocycles. The molecular weight excluding hydrogens is 305 g/mol. The summed E-state index contributed by atoms with van der Waals surface area (Å²) in [5, 5.41) is 3.81. The van der Waals surface area contributed by atoms with E-state index in [0.717, 1.165) is 16.4 Å². The molecule has 0 amide bonds. The van der Waals surface area contributed by atoms with Gasteiger partial charge >= 0.3 is 6.18 Å². The van der Waals surface area contributed by atoms with E-state index in [2.05, 4.69) is 5.10 Å². The fourth-order valence-corrected chi connectivity index (χ4v) is 2.28. The normalized spacial score (nSPS) is 12.5. The predicted octanol–water partition coefficient (Wildman–Crippen LogP) is 4.82. The summed E-state index contributed by atoms with van der Waals surface area (Å²) >= 11 is 0. The van der Waals surface area contributed by atoms with Gasteiger partial charge in [0.15, 0.2) is 11.5 Å². The van der Waals surface area contributed by atoms with Gasteiger partial charge in [-0.3, -0.25) is 4.79 Å². The lowest BCUT2D eigenvalue weighted by atomic mass is 9.88. The quantitative estimate of drug-likeness (QED) is 0.759. The van der Waals surface area contributed by atoms with Gasteiger partial charge in [-0.2, -0.15) is 18.3 Å². The third-order valence-electron chi connectivity index (χ3n) is 3.31. The number of alkyl halides is 3. The number of carbonyl (C=O) groups excluding carboxylic acids is 1. The highest BCUT2D eigenvalue weighted by Crippen LogP contribution is 2.35. The molecule has 0 unspecified atom stereocenters. The Kier molecular flexibility index (Phi) is 4.37. The molecule has 3 nitrogen and oxygen atoms in total. The van der Waals surface area contributed by atoms with Crippen LogP contribution >= 0.6 is 0 Å². The fraction of sp³-hybridized carbons (Fsp3) is 0.412. The van der Waals surface area contributed by atoms with Gasteiger partial charge in [-0.05, 0) is 24.5 Å². The lowest BCUT2D eigenvalue weighted by molar-refractivity contribution is -0.143. The molecule has 1 aromatic carbocycles. The van der Waals surface area contributed by atoms with Crippen LogP contribution in [0.25, 0.3) is 5.69 Å². The molecule has 0 bridgehead atoms. The minimum atomic E-state index is -4.66. The Morgan fingerprint density at radius 2 is 1.70 bits per heavy atom. The molecule has 0 N–H and O–H groups in total. The first-order valence-electron chi connectivity index (χ1n) is 7.24. The third-order valence-corrected chi connectivity index (χ3v) is 3.31. The fourth-order valence-electron chi connectivity index (χ4n) is 2.28. The van der Waals surface area contributed by atoms with E-state index in [0.29, 0.717) is 0 Å². The first-order valence-corrected chi connectivity index (χ1v) is 7.24. The highest BCUT2D eigenvalue weighted by Gasteiger charge is 2.40. The van der Waals surface area contributed by atoms with Crippen LogP contribution in [0.4, 0.5) is 13.2 Å². The Labute approximate surface area is 133 Å². The molecule has 0 aliphatic carbocycles. The van der Waals surface area contributed by atoms with Gasteiger partial charge in [0.1, 0.15) is 0 Å². The topological polar surface area (TPSA) is 34.9 Å². The molecule has 23 heavy (non-hydrogen) atoms. The number of ketones is 1. The first-order chi connectivity index (χ1) is 10.5. The van der Waals surface area contributed by atoms with E-state index >= 15 is 0 Å². The Balaban J connectivity index is 2.54. The van der Waals surface area contributed by atoms with Crippen molar-refractivity contribution >= 4 is 5.78 Å². The Morgan fingerprint density at radius 3 is 2.17 bits per heavy atom. The zero-order valence-corrected chi connectivity index (χ0v) is 13.5. The van der Waals surface area contributed by atoms with E-state index < -0.39 is 23.1 Å². The van der Waals surface area contributed by atoms with Crippen LogP contribution in [0.5, 0.6) is 0 Å². The monoisotopic (exact) mass is 324 g/mol. The first kappa shape index (κ1) is 17.2. The SMILES string of the molecule is Cc1ccc(-n2ncc(C(=O)CC(C)(C)C)c2C(F)(F)F)cc1. The molecule has 0 aliphatic rings. The second-order valence-corrected chi connectivity index (χ2v) is 6.81. The average Bonchev–Trinajstić information content (AvgIpc) is 2.82. The molecule has 0 radical (unpaired) electrons. The van der Waals surface area contributed by atoms with Gasteiger partial charge in [0.25, 0.3) is 0 Å². The second kappa shape index (κ2) is 5.83. The van der Waals surface area contributed by atoms with E-state index in [9.17, 15) is 18.0 Å². The maximum absolute atomic E-state index is 13.5. The number of carbonyl (C=O) groups is 1. The van der Waals surface area contributed by atoms with Crippen LogP contribution in [0.2, 0.25) is 0 Å². The van der Waals surface area contributed by atoms with Gasteiger partial charge in [0, 0.05) is 6.42 Å². The Bertz CT molecular complexity index is 707. The summed E-state index contributed by atoms with van der Waals surface area (Å²) in [5.74, 6) is -0.553. The van der Waals surface area contributed by atoms with Gasteiger partial charge in [0.2, 0.25) is 0 Å². The number of halogens is 3. The summed E-state index contributed by atoms with van der Waals surface area (Å²) < 4.78 is 41.2. The molecular formula is C17H19F3N2O. The molecule has 2 aromatic rings. The van der Waals surface area contributed by atoms with E-state index in [1.165, 1.54) is 0 Å². The summed E-state index contributed by atoms with van der Waals surface area (Å²) in [7, 11) is 0. The molecule has 0 aliphatic heterocycles. The molecule has 0 spiro atoms. The van der Waals surface area contributed by atoms with Crippen LogP contribution < -0.4 is 0 Å². The van der Waals surface area contributed by atoms with Crippen LogP contribution in [0.1, 0.15) is 48.8 Å². The molecule has 1 aromatic heterocycles. The Hall–Kier alpha value is -2.11. The van der Waals surface area contributed by atoms with Crippen molar-refractivity contribution < 1.29 is 18.0 Å². The van der Waals surface area contributed by atoms with Crippen LogP contribution in [0, 0.1) is 12.3 Å². The van der Waals surface area contributed by atoms with E-state index in [-0.39, 0.29) is 17.7 Å². The number of aromatic nitrogens is 2. The van der Waals surface area contributed by atoms with E-state index in [4.69, 9.17) is 0 Å². The van der Waals surface area contributed by atoms with Gasteiger partial charge in [-0.1, -0.05) is 38.5 Å². The van der Waals surface area contributed by atoms with Crippen molar-refractivity contribution in [2.24, 2.45) is 5.41 Å². The van der Waals surface area contributed by atoms with Crippen molar-refractivity contribution in [3.05, 3.63) is 47.3 Å². The maximum atomic E-state index is 13.5. The summed E-state index contributed by atoms with van der Waals surface area (Å²) in [6.07, 6.45) is -3.63. The molecule has 124 valence electrons. The van der Waals surface area contributed by atoms with Crippen molar-refractivity contribution in [1.29, 1.82) is 0 Å². The minimum Gasteiger partial charge on any atom is -0.294 e. The molecule has 0 saturated heterocycles. The highest BCUT2D eigenvalue weighted by molar-refractivity contribution is 5.97. The molecule has 0 fully saturated rings. The van der Waals surface area contributed by atoms with Gasteiger partial charge in [-0.15, -0.1) is 0 Å². The van der Waals surface area contributed by atoms with Crippen LogP contribution in [-0.4, -0.2) is 15.6 Å². The van der Waals surface area contributed by atoms with Gasteiger partial charge in [-0.25, -0.2) is 4.68 Å². The Morgan fingerprint density at radius 1 is 1.13 bits per heavy atom. The van der Waals surface area contributed by atoms with Crippen molar-refractivity contribution in [3.63, 3.8) is 0 Å². The lowest BCUT2D eigenvalue weighted by Gasteiger charge is -2.17. The third kappa shape index (κ3) is 4.00. The standard InChI is InChI=1S/C17H19F3N2O/c1-11-5-7-12(8-6-11)22-15(17(18,19)20)13(10-21-22)14(23)9-16(2,3)4/h5-8,10H,9H2,1-4H3. The summed E-state index contributed by atoms with van der Waals surface area (Å²) in [5.41, 5.74) is -0.592. The number of hydrogen-bond acceptors (Lipinski definition) is 2. The summed E-state index contributed by atoms with van der Waals surface area (Å²) in [4.78, 5) is 12.3. The van der Waals surface area contributed by atoms with Crippen LogP contribution in [-0.2, 0) is 6.18 Å². The zero-order valence-electron chi connectivity index (χ0n) is 13.5. The zero-order chi connectivity index (χ0) is 17.4. The largest absolute Gasteiger partial charge is 0.434 e.